The van der Waals surface area contributed by atoms with Crippen molar-refractivity contribution in [3.05, 3.63) is 12.2 Å². The van der Waals surface area contributed by atoms with Gasteiger partial charge in [-0.15, -0.1) is 0 Å². The van der Waals surface area contributed by atoms with Crippen LogP contribution in [0.5, 0.6) is 0 Å². The fourth-order valence-electron chi connectivity index (χ4n) is 2.25. The number of hydrogen-bond acceptors (Lipinski definition) is 2. The van der Waals surface area contributed by atoms with E-state index in [1.807, 2.05) is 0 Å². The Morgan fingerprint density at radius 3 is 1.85 bits per heavy atom. The van der Waals surface area contributed by atoms with Crippen molar-refractivity contribution >= 4 is 5.97 Å². The molecule has 2 heteroatoms. The predicted molar refractivity (Wildman–Crippen MR) is 86.9 cm³/mol. The number of carbonyl (C=O) groups excluding carboxylic acids is 1. The maximum Gasteiger partial charge on any atom is 0.305 e. The molecule has 0 aromatic heterocycles. The summed E-state index contributed by atoms with van der Waals surface area (Å²) in [4.78, 5) is 10.9. The molecule has 0 aromatic carbocycles. The van der Waals surface area contributed by atoms with Crippen molar-refractivity contribution in [3.63, 3.8) is 0 Å². The Balaban J connectivity index is 3.06. The average Bonchev–Trinajstić information content (AvgIpc) is 2.47. The number of rotatable bonds is 14. The van der Waals surface area contributed by atoms with Gasteiger partial charge in [-0.05, 0) is 25.7 Å². The molecular weight excluding hydrogens is 248 g/mol. The van der Waals surface area contributed by atoms with Gasteiger partial charge in [0.1, 0.15) is 0 Å². The van der Waals surface area contributed by atoms with Gasteiger partial charge in [0.25, 0.3) is 0 Å². The number of allylic oxidation sites excluding steroid dienone is 2. The number of unbranched alkanes of at least 4 members (excludes halogenated alkanes) is 10. The van der Waals surface area contributed by atoms with Crippen LogP contribution >= 0.6 is 0 Å². The van der Waals surface area contributed by atoms with Gasteiger partial charge < -0.3 is 4.74 Å². The third kappa shape index (κ3) is 15.3. The standard InChI is InChI=1S/C18H34O2/c1-3-4-5-6-7-8-9-10-11-12-13-14-15-16-17-18(19)20-2/h6-7H,3-5,8-17H2,1-2H3/b7-6-. The highest BCUT2D eigenvalue weighted by atomic mass is 16.5. The highest BCUT2D eigenvalue weighted by molar-refractivity contribution is 5.68. The molecule has 0 aromatic rings. The first kappa shape index (κ1) is 19.2. The Labute approximate surface area is 126 Å². The molecule has 0 atom stereocenters. The van der Waals surface area contributed by atoms with Crippen LogP contribution in [0.4, 0.5) is 0 Å². The highest BCUT2D eigenvalue weighted by Crippen LogP contribution is 2.11. The van der Waals surface area contributed by atoms with Gasteiger partial charge in [-0.25, -0.2) is 0 Å². The summed E-state index contributed by atoms with van der Waals surface area (Å²) in [5.41, 5.74) is 0. The fraction of sp³-hybridized carbons (Fsp3) is 0.833. The van der Waals surface area contributed by atoms with Crippen LogP contribution in [-0.2, 0) is 9.53 Å². The second-order valence-corrected chi connectivity index (χ2v) is 5.56. The van der Waals surface area contributed by atoms with Crippen molar-refractivity contribution in [2.24, 2.45) is 0 Å². The predicted octanol–water partition coefficient (Wildman–Crippen LogP) is 5.81. The maximum atomic E-state index is 10.9. The molecule has 0 saturated heterocycles. The van der Waals surface area contributed by atoms with E-state index in [1.54, 1.807) is 0 Å². The lowest BCUT2D eigenvalue weighted by Crippen LogP contribution is -1.99. The van der Waals surface area contributed by atoms with Gasteiger partial charge in [-0.1, -0.05) is 70.4 Å². The van der Waals surface area contributed by atoms with Crippen LogP contribution in [0.1, 0.15) is 90.4 Å². The average molecular weight is 282 g/mol. The van der Waals surface area contributed by atoms with Crippen LogP contribution in [0.2, 0.25) is 0 Å². The maximum absolute atomic E-state index is 10.9. The number of ether oxygens (including phenoxy) is 1. The Hall–Kier alpha value is -0.790. The molecule has 0 radical (unpaired) electrons. The zero-order valence-corrected chi connectivity index (χ0v) is 13.7. The molecule has 0 aliphatic rings. The minimum absolute atomic E-state index is 0.0722. The summed E-state index contributed by atoms with van der Waals surface area (Å²) >= 11 is 0. The van der Waals surface area contributed by atoms with Crippen LogP contribution in [0, 0.1) is 0 Å². The highest BCUT2D eigenvalue weighted by Gasteiger charge is 1.98. The van der Waals surface area contributed by atoms with E-state index in [0.717, 1.165) is 12.8 Å². The summed E-state index contributed by atoms with van der Waals surface area (Å²) in [5.74, 6) is -0.0722. The van der Waals surface area contributed by atoms with Crippen molar-refractivity contribution < 1.29 is 9.53 Å². The zero-order valence-electron chi connectivity index (χ0n) is 13.7. The topological polar surface area (TPSA) is 26.3 Å². The monoisotopic (exact) mass is 282 g/mol. The van der Waals surface area contributed by atoms with Gasteiger partial charge in [-0.2, -0.15) is 0 Å². The summed E-state index contributed by atoms with van der Waals surface area (Å²) in [7, 11) is 1.46. The quantitative estimate of drug-likeness (QED) is 0.228. The Bertz CT molecular complexity index is 234. The first-order valence-electron chi connectivity index (χ1n) is 8.53. The van der Waals surface area contributed by atoms with Gasteiger partial charge in [0, 0.05) is 6.42 Å². The molecule has 20 heavy (non-hydrogen) atoms. The first-order valence-corrected chi connectivity index (χ1v) is 8.53. The van der Waals surface area contributed by atoms with Crippen LogP contribution in [0.3, 0.4) is 0 Å². The van der Waals surface area contributed by atoms with Gasteiger partial charge >= 0.3 is 5.97 Å². The molecule has 0 amide bonds. The molecular formula is C18H34O2. The molecule has 0 saturated carbocycles. The fourth-order valence-corrected chi connectivity index (χ4v) is 2.25. The molecule has 0 N–H and O–H groups in total. The van der Waals surface area contributed by atoms with Crippen molar-refractivity contribution in [1.82, 2.24) is 0 Å². The van der Waals surface area contributed by atoms with Gasteiger partial charge in [0.15, 0.2) is 0 Å². The number of hydrogen-bond donors (Lipinski definition) is 0. The van der Waals surface area contributed by atoms with Gasteiger partial charge in [0.05, 0.1) is 7.11 Å². The lowest BCUT2D eigenvalue weighted by Gasteiger charge is -2.01. The summed E-state index contributed by atoms with van der Waals surface area (Å²) < 4.78 is 4.62. The zero-order chi connectivity index (χ0) is 14.9. The second kappa shape index (κ2) is 16.3. The van der Waals surface area contributed by atoms with E-state index in [4.69, 9.17) is 0 Å². The van der Waals surface area contributed by atoms with E-state index in [1.165, 1.54) is 71.3 Å². The van der Waals surface area contributed by atoms with E-state index in [0.29, 0.717) is 6.42 Å². The number of carbonyl (C=O) groups is 1. The number of methoxy groups -OCH3 is 1. The van der Waals surface area contributed by atoms with Crippen LogP contribution < -0.4 is 0 Å². The van der Waals surface area contributed by atoms with E-state index in [-0.39, 0.29) is 5.97 Å². The van der Waals surface area contributed by atoms with E-state index in [9.17, 15) is 4.79 Å². The summed E-state index contributed by atoms with van der Waals surface area (Å²) in [6.45, 7) is 2.24. The molecule has 0 bridgehead atoms. The third-order valence-electron chi connectivity index (χ3n) is 3.62. The normalized spacial score (nSPS) is 11.1. The molecule has 0 rings (SSSR count). The lowest BCUT2D eigenvalue weighted by atomic mass is 10.1. The number of esters is 1. The van der Waals surface area contributed by atoms with E-state index < -0.39 is 0 Å². The van der Waals surface area contributed by atoms with Crippen molar-refractivity contribution in [1.29, 1.82) is 0 Å². The Kier molecular flexibility index (Phi) is 15.6. The summed E-state index contributed by atoms with van der Waals surface area (Å²) in [6, 6.07) is 0. The first-order chi connectivity index (χ1) is 9.81. The van der Waals surface area contributed by atoms with Crippen molar-refractivity contribution in [3.8, 4) is 0 Å². The van der Waals surface area contributed by atoms with Crippen LogP contribution in [0.25, 0.3) is 0 Å². The Morgan fingerprint density at radius 1 is 0.800 bits per heavy atom. The van der Waals surface area contributed by atoms with Crippen LogP contribution in [-0.4, -0.2) is 13.1 Å². The molecule has 2 nitrogen and oxygen atoms in total. The van der Waals surface area contributed by atoms with Crippen LogP contribution in [0.15, 0.2) is 12.2 Å². The molecule has 0 unspecified atom stereocenters. The Morgan fingerprint density at radius 2 is 1.30 bits per heavy atom. The molecule has 0 aliphatic heterocycles. The molecule has 0 aliphatic carbocycles. The molecule has 0 heterocycles. The lowest BCUT2D eigenvalue weighted by molar-refractivity contribution is -0.140. The SMILES string of the molecule is CCCC/C=C\CCCCCCCCCCC(=O)OC. The van der Waals surface area contributed by atoms with Gasteiger partial charge in [-0.3, -0.25) is 4.79 Å². The van der Waals surface area contributed by atoms with E-state index in [2.05, 4.69) is 23.8 Å². The molecule has 0 fully saturated rings. The molecule has 0 spiro atoms. The third-order valence-corrected chi connectivity index (χ3v) is 3.62. The summed E-state index contributed by atoms with van der Waals surface area (Å²) in [6.07, 6.45) is 20.5. The summed E-state index contributed by atoms with van der Waals surface area (Å²) in [5, 5.41) is 0. The van der Waals surface area contributed by atoms with Gasteiger partial charge in [0.2, 0.25) is 0 Å². The molecule has 118 valence electrons. The van der Waals surface area contributed by atoms with Crippen molar-refractivity contribution in [2.75, 3.05) is 7.11 Å². The van der Waals surface area contributed by atoms with Crippen molar-refractivity contribution in [2.45, 2.75) is 90.4 Å². The minimum Gasteiger partial charge on any atom is -0.469 e. The largest absolute Gasteiger partial charge is 0.469 e. The smallest absolute Gasteiger partial charge is 0.305 e. The van der Waals surface area contributed by atoms with E-state index >= 15 is 0 Å². The second-order valence-electron chi connectivity index (χ2n) is 5.56. The minimum atomic E-state index is -0.0722.